The van der Waals surface area contributed by atoms with E-state index in [-0.39, 0.29) is 11.9 Å². The molecule has 1 aliphatic rings. The Labute approximate surface area is 146 Å². The number of pyridine rings is 1. The highest BCUT2D eigenvalue weighted by atomic mass is 32.2. The molecule has 1 aromatic heterocycles. The maximum atomic E-state index is 12.0. The van der Waals surface area contributed by atoms with Gasteiger partial charge in [-0.15, -0.1) is 0 Å². The molecule has 0 bridgehead atoms. The number of nitrogens with one attached hydrogen (secondary N) is 2. The van der Waals surface area contributed by atoms with Gasteiger partial charge in [-0.3, -0.25) is 9.52 Å². The predicted molar refractivity (Wildman–Crippen MR) is 94.3 cm³/mol. The summed E-state index contributed by atoms with van der Waals surface area (Å²) >= 11 is 0. The van der Waals surface area contributed by atoms with Gasteiger partial charge >= 0.3 is 0 Å². The molecule has 1 amide bonds. The molecule has 3 rings (SSSR count). The number of hydrogen-bond acceptors (Lipinski definition) is 5. The first-order chi connectivity index (χ1) is 11.9. The van der Waals surface area contributed by atoms with Gasteiger partial charge in [0.1, 0.15) is 5.75 Å². The molecule has 0 unspecified atom stereocenters. The molecular weight excluding hydrogens is 342 g/mol. The molecule has 0 saturated heterocycles. The summed E-state index contributed by atoms with van der Waals surface area (Å²) in [6.45, 7) is 0. The first-order valence-corrected chi connectivity index (χ1v) is 9.81. The van der Waals surface area contributed by atoms with Crippen molar-refractivity contribution in [2.75, 3.05) is 11.0 Å². The molecule has 1 fully saturated rings. The second-order valence-electron chi connectivity index (χ2n) is 5.99. The zero-order valence-corrected chi connectivity index (χ0v) is 14.5. The summed E-state index contributed by atoms with van der Waals surface area (Å²) < 4.78 is 30.3. The van der Waals surface area contributed by atoms with Gasteiger partial charge in [0.25, 0.3) is 5.91 Å². The van der Waals surface area contributed by atoms with E-state index in [2.05, 4.69) is 15.0 Å². The largest absolute Gasteiger partial charge is 0.439 e. The van der Waals surface area contributed by atoms with Crippen LogP contribution in [0.15, 0.2) is 42.6 Å². The van der Waals surface area contributed by atoms with Crippen LogP contribution in [0.3, 0.4) is 0 Å². The minimum atomic E-state index is -3.31. The summed E-state index contributed by atoms with van der Waals surface area (Å²) in [7, 11) is -3.31. The lowest BCUT2D eigenvalue weighted by Crippen LogP contribution is -2.39. The first-order valence-electron chi connectivity index (χ1n) is 7.92. The van der Waals surface area contributed by atoms with E-state index in [1.807, 2.05) is 0 Å². The van der Waals surface area contributed by atoms with E-state index < -0.39 is 10.0 Å². The maximum Gasteiger partial charge on any atom is 0.253 e. The zero-order valence-electron chi connectivity index (χ0n) is 13.7. The fourth-order valence-electron chi connectivity index (χ4n) is 2.32. The number of amides is 1. The minimum Gasteiger partial charge on any atom is -0.439 e. The average Bonchev–Trinajstić information content (AvgIpc) is 2.52. The molecule has 132 valence electrons. The Morgan fingerprint density at radius 3 is 2.40 bits per heavy atom. The number of anilines is 1. The van der Waals surface area contributed by atoms with Gasteiger partial charge in [0.05, 0.1) is 11.8 Å². The van der Waals surface area contributed by atoms with Crippen molar-refractivity contribution in [3.05, 3.63) is 48.2 Å². The van der Waals surface area contributed by atoms with E-state index >= 15 is 0 Å². The highest BCUT2D eigenvalue weighted by Gasteiger charge is 2.20. The lowest BCUT2D eigenvalue weighted by atomic mass is 9.93. The zero-order chi connectivity index (χ0) is 17.9. The fourth-order valence-corrected chi connectivity index (χ4v) is 2.89. The number of ether oxygens (including phenoxy) is 1. The highest BCUT2D eigenvalue weighted by Crippen LogP contribution is 2.22. The number of rotatable bonds is 6. The normalized spacial score (nSPS) is 14.4. The number of hydrogen-bond donors (Lipinski definition) is 2. The Balaban J connectivity index is 1.60. The van der Waals surface area contributed by atoms with Gasteiger partial charge in [0.15, 0.2) is 0 Å². The van der Waals surface area contributed by atoms with Gasteiger partial charge in [-0.25, -0.2) is 13.4 Å². The number of benzene rings is 1. The van der Waals surface area contributed by atoms with Crippen LogP contribution in [0.1, 0.15) is 29.6 Å². The van der Waals surface area contributed by atoms with Crippen LogP contribution in [-0.4, -0.2) is 31.6 Å². The molecule has 0 radical (unpaired) electrons. The third-order valence-corrected chi connectivity index (χ3v) is 4.43. The average molecular weight is 361 g/mol. The molecule has 1 heterocycles. The van der Waals surface area contributed by atoms with Gasteiger partial charge in [-0.05, 0) is 49.6 Å². The van der Waals surface area contributed by atoms with Crippen LogP contribution in [0.4, 0.5) is 5.69 Å². The number of nitrogens with zero attached hydrogens (tertiary/aromatic N) is 1. The van der Waals surface area contributed by atoms with Gasteiger partial charge in [0.2, 0.25) is 15.9 Å². The molecule has 2 aromatic rings. The van der Waals surface area contributed by atoms with Crippen LogP contribution < -0.4 is 14.8 Å². The lowest BCUT2D eigenvalue weighted by molar-refractivity contribution is 0.0916. The first kappa shape index (κ1) is 17.2. The standard InChI is InChI=1S/C17H19N3O4S/c1-25(22,23)20-14-6-8-15(9-7-14)24-16-10-5-12(11-18-16)17(21)19-13-3-2-4-13/h5-11,13,20H,2-4H2,1H3,(H,19,21). The van der Waals surface area contributed by atoms with Crippen molar-refractivity contribution in [1.82, 2.24) is 10.3 Å². The Hall–Kier alpha value is -2.61. The van der Waals surface area contributed by atoms with Crippen molar-refractivity contribution in [2.24, 2.45) is 0 Å². The molecule has 0 atom stereocenters. The molecule has 0 aliphatic heterocycles. The summed E-state index contributed by atoms with van der Waals surface area (Å²) in [5.41, 5.74) is 0.942. The number of carbonyl (C=O) groups is 1. The van der Waals surface area contributed by atoms with Crippen LogP contribution in [0.2, 0.25) is 0 Å². The summed E-state index contributed by atoms with van der Waals surface area (Å²) in [5.74, 6) is 0.738. The Morgan fingerprint density at radius 1 is 1.16 bits per heavy atom. The van der Waals surface area contributed by atoms with Gasteiger partial charge in [-0.1, -0.05) is 0 Å². The van der Waals surface area contributed by atoms with Crippen molar-refractivity contribution in [1.29, 1.82) is 0 Å². The number of sulfonamides is 1. The molecule has 1 aliphatic carbocycles. The molecular formula is C17H19N3O4S. The molecule has 0 spiro atoms. The van der Waals surface area contributed by atoms with E-state index in [1.54, 1.807) is 36.4 Å². The van der Waals surface area contributed by atoms with Crippen molar-refractivity contribution >= 4 is 21.6 Å². The van der Waals surface area contributed by atoms with E-state index in [4.69, 9.17) is 4.74 Å². The van der Waals surface area contributed by atoms with Crippen molar-refractivity contribution in [3.63, 3.8) is 0 Å². The molecule has 25 heavy (non-hydrogen) atoms. The quantitative estimate of drug-likeness (QED) is 0.824. The Kier molecular flexibility index (Phi) is 4.89. The molecule has 8 heteroatoms. The predicted octanol–water partition coefficient (Wildman–Crippen LogP) is 2.53. The van der Waals surface area contributed by atoms with Gasteiger partial charge < -0.3 is 10.1 Å². The Bertz CT molecular complexity index is 844. The summed E-state index contributed by atoms with van der Waals surface area (Å²) in [5, 5.41) is 2.95. The van der Waals surface area contributed by atoms with Gasteiger partial charge in [-0.2, -0.15) is 0 Å². The van der Waals surface area contributed by atoms with Crippen LogP contribution in [0.25, 0.3) is 0 Å². The highest BCUT2D eigenvalue weighted by molar-refractivity contribution is 7.92. The fraction of sp³-hybridized carbons (Fsp3) is 0.294. The Morgan fingerprint density at radius 2 is 1.88 bits per heavy atom. The van der Waals surface area contributed by atoms with Crippen LogP contribution in [0, 0.1) is 0 Å². The summed E-state index contributed by atoms with van der Waals surface area (Å²) in [6, 6.07) is 10.0. The number of aromatic nitrogens is 1. The van der Waals surface area contributed by atoms with E-state index in [9.17, 15) is 13.2 Å². The second-order valence-corrected chi connectivity index (χ2v) is 7.74. The van der Waals surface area contributed by atoms with Crippen LogP contribution in [-0.2, 0) is 10.0 Å². The van der Waals surface area contributed by atoms with Crippen molar-refractivity contribution < 1.29 is 17.9 Å². The molecule has 2 N–H and O–H groups in total. The third kappa shape index (κ3) is 4.93. The topological polar surface area (TPSA) is 97.4 Å². The van der Waals surface area contributed by atoms with E-state index in [0.29, 0.717) is 22.9 Å². The summed E-state index contributed by atoms with van der Waals surface area (Å²) in [6.07, 6.45) is 5.79. The van der Waals surface area contributed by atoms with E-state index in [1.165, 1.54) is 6.20 Å². The molecule has 7 nitrogen and oxygen atoms in total. The van der Waals surface area contributed by atoms with E-state index in [0.717, 1.165) is 25.5 Å². The smallest absolute Gasteiger partial charge is 0.253 e. The molecule has 1 aromatic carbocycles. The summed E-state index contributed by atoms with van der Waals surface area (Å²) in [4.78, 5) is 16.2. The SMILES string of the molecule is CS(=O)(=O)Nc1ccc(Oc2ccc(C(=O)NC3CCC3)cn2)cc1. The molecule has 1 saturated carbocycles. The van der Waals surface area contributed by atoms with Crippen LogP contribution >= 0.6 is 0 Å². The number of carbonyl (C=O) groups excluding carboxylic acids is 1. The third-order valence-electron chi connectivity index (χ3n) is 3.82. The minimum absolute atomic E-state index is 0.125. The van der Waals surface area contributed by atoms with Crippen LogP contribution in [0.5, 0.6) is 11.6 Å². The van der Waals surface area contributed by atoms with Crippen molar-refractivity contribution in [2.45, 2.75) is 25.3 Å². The van der Waals surface area contributed by atoms with Gasteiger partial charge in [0, 0.05) is 24.0 Å². The second kappa shape index (κ2) is 7.10. The monoisotopic (exact) mass is 361 g/mol. The lowest BCUT2D eigenvalue weighted by Gasteiger charge is -2.26. The van der Waals surface area contributed by atoms with Crippen molar-refractivity contribution in [3.8, 4) is 11.6 Å². The maximum absolute atomic E-state index is 12.0.